The fraction of sp³-hybridized carbons (Fsp3) is 0.273. The minimum atomic E-state index is -0.00285. The van der Waals surface area contributed by atoms with Crippen LogP contribution in [0.15, 0.2) is 32.1 Å². The van der Waals surface area contributed by atoms with Crippen LogP contribution in [0.2, 0.25) is 0 Å². The molecule has 1 aromatic carbocycles. The van der Waals surface area contributed by atoms with Crippen molar-refractivity contribution in [1.82, 2.24) is 4.90 Å². The molecule has 0 saturated carbocycles. The van der Waals surface area contributed by atoms with Crippen molar-refractivity contribution < 1.29 is 4.79 Å². The molecule has 1 N–H and O–H groups in total. The second-order valence-electron chi connectivity index (χ2n) is 3.60. The molecule has 0 aliphatic carbocycles. The van der Waals surface area contributed by atoms with Crippen molar-refractivity contribution in [3.05, 3.63) is 27.1 Å². The number of hydrogen-bond acceptors (Lipinski definition) is 3. The molecular weight excluding hydrogens is 350 g/mol. The molecule has 0 unspecified atom stereocenters. The molecule has 1 heterocycles. The fourth-order valence-electron chi connectivity index (χ4n) is 1.59. The topological polar surface area (TPSA) is 44.7 Å². The van der Waals surface area contributed by atoms with Gasteiger partial charge in [0.2, 0.25) is 11.9 Å². The van der Waals surface area contributed by atoms with Crippen LogP contribution in [0.1, 0.15) is 6.92 Å². The minimum Gasteiger partial charge on any atom is -0.324 e. The first kappa shape index (κ1) is 12.6. The Labute approximate surface area is 116 Å². The number of nitrogens with zero attached hydrogens (tertiary/aromatic N) is 2. The van der Waals surface area contributed by atoms with E-state index < -0.39 is 0 Å². The second kappa shape index (κ2) is 5.18. The van der Waals surface area contributed by atoms with Crippen LogP contribution in [0.25, 0.3) is 0 Å². The van der Waals surface area contributed by atoms with Crippen LogP contribution < -0.4 is 5.32 Å². The normalized spacial score (nSPS) is 14.8. The number of amides is 1. The summed E-state index contributed by atoms with van der Waals surface area (Å²) < 4.78 is 1.84. The molecule has 0 radical (unpaired) electrons. The number of aliphatic imine (C=N–C) groups is 1. The third kappa shape index (κ3) is 2.69. The van der Waals surface area contributed by atoms with Gasteiger partial charge >= 0.3 is 0 Å². The molecule has 4 nitrogen and oxygen atoms in total. The standard InChI is InChI=1S/C11H11Br2N3O/c1-7(17)16-6-5-14-11(16)15-10-8(12)3-2-4-9(10)13/h2-4H,5-6H2,1H3,(H,14,15). The molecule has 1 amide bonds. The van der Waals surface area contributed by atoms with Gasteiger partial charge in [-0.15, -0.1) is 0 Å². The summed E-state index contributed by atoms with van der Waals surface area (Å²) in [5.74, 6) is 0.599. The van der Waals surface area contributed by atoms with Gasteiger partial charge in [-0.1, -0.05) is 6.07 Å². The number of hydrogen-bond donors (Lipinski definition) is 1. The summed E-state index contributed by atoms with van der Waals surface area (Å²) in [5.41, 5.74) is 0.874. The number of halogens is 2. The zero-order valence-electron chi connectivity index (χ0n) is 9.20. The quantitative estimate of drug-likeness (QED) is 0.836. The Balaban J connectivity index is 2.24. The van der Waals surface area contributed by atoms with Gasteiger partial charge in [0.1, 0.15) is 0 Å². The lowest BCUT2D eigenvalue weighted by atomic mass is 10.3. The van der Waals surface area contributed by atoms with Gasteiger partial charge in [-0.2, -0.15) is 0 Å². The predicted molar refractivity (Wildman–Crippen MR) is 75.2 cm³/mol. The zero-order chi connectivity index (χ0) is 12.4. The SMILES string of the molecule is CC(=O)N1CCN=C1Nc1c(Br)cccc1Br. The number of para-hydroxylation sites is 1. The average Bonchev–Trinajstić information content (AvgIpc) is 2.72. The Kier molecular flexibility index (Phi) is 3.83. The largest absolute Gasteiger partial charge is 0.324 e. The van der Waals surface area contributed by atoms with Gasteiger partial charge in [0, 0.05) is 22.4 Å². The smallest absolute Gasteiger partial charge is 0.226 e. The Bertz CT molecular complexity index is 467. The maximum absolute atomic E-state index is 11.4. The summed E-state index contributed by atoms with van der Waals surface area (Å²) in [6.07, 6.45) is 0. The first-order valence-electron chi connectivity index (χ1n) is 5.13. The van der Waals surface area contributed by atoms with Crippen molar-refractivity contribution in [2.75, 3.05) is 18.4 Å². The van der Waals surface area contributed by atoms with Crippen molar-refractivity contribution in [2.45, 2.75) is 6.92 Å². The van der Waals surface area contributed by atoms with Crippen LogP contribution in [0.5, 0.6) is 0 Å². The highest BCUT2D eigenvalue weighted by molar-refractivity contribution is 9.11. The van der Waals surface area contributed by atoms with Crippen LogP contribution in [0.3, 0.4) is 0 Å². The summed E-state index contributed by atoms with van der Waals surface area (Å²) in [5, 5.41) is 3.17. The third-order valence-corrected chi connectivity index (χ3v) is 3.74. The van der Waals surface area contributed by atoms with Crippen LogP contribution in [-0.4, -0.2) is 29.9 Å². The van der Waals surface area contributed by atoms with Crippen LogP contribution >= 0.6 is 31.9 Å². The fourth-order valence-corrected chi connectivity index (χ4v) is 2.79. The summed E-state index contributed by atoms with van der Waals surface area (Å²) in [4.78, 5) is 17.3. The lowest BCUT2D eigenvalue weighted by Crippen LogP contribution is -2.36. The van der Waals surface area contributed by atoms with Crippen molar-refractivity contribution in [3.63, 3.8) is 0 Å². The van der Waals surface area contributed by atoms with Gasteiger partial charge in [0.15, 0.2) is 0 Å². The van der Waals surface area contributed by atoms with Crippen molar-refractivity contribution >= 4 is 49.4 Å². The highest BCUT2D eigenvalue weighted by Crippen LogP contribution is 2.31. The Morgan fingerprint density at radius 2 is 2.06 bits per heavy atom. The minimum absolute atomic E-state index is 0.00285. The van der Waals surface area contributed by atoms with Crippen molar-refractivity contribution in [3.8, 4) is 0 Å². The maximum atomic E-state index is 11.4. The van der Waals surface area contributed by atoms with Crippen LogP contribution in [-0.2, 0) is 4.79 Å². The van der Waals surface area contributed by atoms with E-state index in [2.05, 4.69) is 42.2 Å². The Hall–Kier alpha value is -0.880. The Morgan fingerprint density at radius 1 is 1.41 bits per heavy atom. The molecule has 0 atom stereocenters. The number of carbonyl (C=O) groups is 1. The monoisotopic (exact) mass is 359 g/mol. The highest BCUT2D eigenvalue weighted by atomic mass is 79.9. The van der Waals surface area contributed by atoms with Gasteiger partial charge in [-0.25, -0.2) is 0 Å². The van der Waals surface area contributed by atoms with Gasteiger partial charge in [-0.3, -0.25) is 14.7 Å². The van der Waals surface area contributed by atoms with E-state index in [1.54, 1.807) is 4.90 Å². The number of carbonyl (C=O) groups excluding carboxylic acids is 1. The van der Waals surface area contributed by atoms with E-state index in [0.717, 1.165) is 14.6 Å². The first-order valence-corrected chi connectivity index (χ1v) is 6.72. The molecule has 90 valence electrons. The third-order valence-electron chi connectivity index (χ3n) is 2.42. The van der Waals surface area contributed by atoms with E-state index in [1.807, 2.05) is 18.2 Å². The maximum Gasteiger partial charge on any atom is 0.226 e. The summed E-state index contributed by atoms with van der Waals surface area (Å²) in [6.45, 7) is 2.82. The van der Waals surface area contributed by atoms with E-state index in [4.69, 9.17) is 0 Å². The molecule has 6 heteroatoms. The van der Waals surface area contributed by atoms with Crippen LogP contribution in [0.4, 0.5) is 5.69 Å². The molecule has 0 fully saturated rings. The molecule has 0 saturated heterocycles. The number of guanidine groups is 1. The van der Waals surface area contributed by atoms with Crippen molar-refractivity contribution in [2.24, 2.45) is 4.99 Å². The molecule has 17 heavy (non-hydrogen) atoms. The van der Waals surface area contributed by atoms with E-state index in [9.17, 15) is 4.79 Å². The molecule has 0 bridgehead atoms. The molecule has 1 aliphatic rings. The number of rotatable bonds is 1. The Morgan fingerprint density at radius 3 is 2.65 bits per heavy atom. The lowest BCUT2D eigenvalue weighted by Gasteiger charge is -2.18. The molecule has 1 aromatic rings. The van der Waals surface area contributed by atoms with E-state index in [0.29, 0.717) is 19.0 Å². The molecule has 2 rings (SSSR count). The highest BCUT2D eigenvalue weighted by Gasteiger charge is 2.21. The number of anilines is 1. The lowest BCUT2D eigenvalue weighted by molar-refractivity contribution is -0.124. The van der Waals surface area contributed by atoms with E-state index in [-0.39, 0.29) is 5.91 Å². The zero-order valence-corrected chi connectivity index (χ0v) is 12.4. The summed E-state index contributed by atoms with van der Waals surface area (Å²) in [7, 11) is 0. The van der Waals surface area contributed by atoms with Gasteiger partial charge in [0.25, 0.3) is 0 Å². The summed E-state index contributed by atoms with van der Waals surface area (Å²) >= 11 is 6.92. The van der Waals surface area contributed by atoms with Crippen LogP contribution in [0, 0.1) is 0 Å². The number of nitrogens with one attached hydrogen (secondary N) is 1. The first-order chi connectivity index (χ1) is 8.09. The van der Waals surface area contributed by atoms with E-state index >= 15 is 0 Å². The second-order valence-corrected chi connectivity index (χ2v) is 5.31. The average molecular weight is 361 g/mol. The molecule has 1 aliphatic heterocycles. The summed E-state index contributed by atoms with van der Waals surface area (Å²) in [6, 6.07) is 5.79. The van der Waals surface area contributed by atoms with Gasteiger partial charge in [-0.05, 0) is 44.0 Å². The predicted octanol–water partition coefficient (Wildman–Crippen LogP) is 2.84. The number of benzene rings is 1. The van der Waals surface area contributed by atoms with Gasteiger partial charge < -0.3 is 5.32 Å². The van der Waals surface area contributed by atoms with E-state index in [1.165, 1.54) is 6.92 Å². The molecule has 0 aromatic heterocycles. The van der Waals surface area contributed by atoms with Gasteiger partial charge in [0.05, 0.1) is 12.2 Å². The van der Waals surface area contributed by atoms with Crippen molar-refractivity contribution in [1.29, 1.82) is 0 Å². The molecular formula is C11H11Br2N3O. The molecule has 0 spiro atoms.